The van der Waals surface area contributed by atoms with Crippen molar-refractivity contribution in [1.82, 2.24) is 35.3 Å². The first-order valence-electron chi connectivity index (χ1n) is 8.94. The predicted octanol–water partition coefficient (Wildman–Crippen LogP) is 2.32. The number of halogens is 3. The maximum absolute atomic E-state index is 12.5. The van der Waals surface area contributed by atoms with E-state index in [0.717, 1.165) is 5.56 Å². The van der Waals surface area contributed by atoms with E-state index in [1.165, 1.54) is 4.80 Å². The topological polar surface area (TPSA) is 111 Å². The number of hydrogen-bond acceptors (Lipinski definition) is 7. The van der Waals surface area contributed by atoms with Crippen LogP contribution in [0.2, 0.25) is 0 Å². The molecule has 0 spiro atoms. The van der Waals surface area contributed by atoms with E-state index in [-0.39, 0.29) is 30.1 Å². The third kappa shape index (κ3) is 4.88. The molecule has 0 aliphatic carbocycles. The largest absolute Gasteiger partial charge is 0.419 e. The van der Waals surface area contributed by atoms with Crippen LogP contribution in [0.25, 0.3) is 5.69 Å². The molecule has 1 atom stereocenters. The molecule has 3 heterocycles. The minimum Gasteiger partial charge on any atom is -0.352 e. The molecule has 30 heavy (non-hydrogen) atoms. The van der Waals surface area contributed by atoms with Crippen LogP contribution < -0.4 is 10.6 Å². The van der Waals surface area contributed by atoms with Crippen molar-refractivity contribution >= 4 is 11.9 Å². The molecule has 0 saturated carbocycles. The van der Waals surface area contributed by atoms with Crippen molar-refractivity contribution in [1.29, 1.82) is 0 Å². The van der Waals surface area contributed by atoms with Crippen molar-refractivity contribution < 1.29 is 18.0 Å². The summed E-state index contributed by atoms with van der Waals surface area (Å²) in [5.41, 5.74) is 1.39. The van der Waals surface area contributed by atoms with E-state index in [1.807, 2.05) is 6.92 Å². The van der Waals surface area contributed by atoms with Gasteiger partial charge in [-0.2, -0.15) is 23.4 Å². The Labute approximate surface area is 169 Å². The maximum Gasteiger partial charge on any atom is 0.419 e. The zero-order chi connectivity index (χ0) is 21.9. The average molecular weight is 420 g/mol. The number of aryl methyl sites for hydroxylation is 2. The number of anilines is 1. The Morgan fingerprint density at radius 2 is 1.80 bits per heavy atom. The standard InChI is InChI=1S/C18H19F3N8O/c1-10-6-14(28-12(3)15(10)29-25-4-5-26-29)16(30)27-11(2)7-22-17-23-8-13(9-24-17)18(19,20)21/h4-6,8-9,11H,7H2,1-3H3,(H,27,30)(H,22,23,24)/t11-/m0/s1. The number of hydrogen-bond donors (Lipinski definition) is 2. The van der Waals surface area contributed by atoms with E-state index in [2.05, 4.69) is 35.8 Å². The summed E-state index contributed by atoms with van der Waals surface area (Å²) in [4.78, 5) is 25.6. The molecular formula is C18H19F3N8O. The van der Waals surface area contributed by atoms with Gasteiger partial charge in [-0.3, -0.25) is 4.79 Å². The van der Waals surface area contributed by atoms with E-state index in [4.69, 9.17) is 0 Å². The Hall–Kier alpha value is -3.57. The Kier molecular flexibility index (Phi) is 5.94. The number of pyridine rings is 1. The molecule has 158 valence electrons. The Balaban J connectivity index is 1.60. The van der Waals surface area contributed by atoms with E-state index in [0.29, 0.717) is 23.8 Å². The number of alkyl halides is 3. The van der Waals surface area contributed by atoms with Crippen LogP contribution in [0.1, 0.15) is 34.2 Å². The molecule has 0 saturated heterocycles. The van der Waals surface area contributed by atoms with Crippen LogP contribution in [-0.4, -0.2) is 48.4 Å². The molecular weight excluding hydrogens is 401 g/mol. The quantitative estimate of drug-likeness (QED) is 0.630. The monoisotopic (exact) mass is 420 g/mol. The summed E-state index contributed by atoms with van der Waals surface area (Å²) in [6.45, 7) is 5.54. The smallest absolute Gasteiger partial charge is 0.352 e. The van der Waals surface area contributed by atoms with Crippen molar-refractivity contribution in [2.24, 2.45) is 0 Å². The third-order valence-electron chi connectivity index (χ3n) is 4.13. The fourth-order valence-electron chi connectivity index (χ4n) is 2.73. The Morgan fingerprint density at radius 3 is 2.37 bits per heavy atom. The molecule has 3 aromatic rings. The molecule has 0 aliphatic heterocycles. The normalized spacial score (nSPS) is 12.5. The van der Waals surface area contributed by atoms with Gasteiger partial charge in [0.15, 0.2) is 0 Å². The summed E-state index contributed by atoms with van der Waals surface area (Å²) < 4.78 is 37.6. The van der Waals surface area contributed by atoms with E-state index in [1.54, 1.807) is 32.3 Å². The molecule has 1 amide bonds. The number of rotatable bonds is 6. The Morgan fingerprint density at radius 1 is 1.17 bits per heavy atom. The van der Waals surface area contributed by atoms with Crippen molar-refractivity contribution in [2.75, 3.05) is 11.9 Å². The van der Waals surface area contributed by atoms with Gasteiger partial charge in [0.05, 0.1) is 23.7 Å². The maximum atomic E-state index is 12.5. The second-order valence-electron chi connectivity index (χ2n) is 6.63. The fourth-order valence-corrected chi connectivity index (χ4v) is 2.73. The molecule has 2 N–H and O–H groups in total. The van der Waals surface area contributed by atoms with Gasteiger partial charge in [0.25, 0.3) is 5.91 Å². The number of carbonyl (C=O) groups excluding carboxylic acids is 1. The molecule has 12 heteroatoms. The zero-order valence-corrected chi connectivity index (χ0v) is 16.4. The van der Waals surface area contributed by atoms with Crippen LogP contribution >= 0.6 is 0 Å². The first kappa shape index (κ1) is 21.1. The molecule has 0 unspecified atom stereocenters. The van der Waals surface area contributed by atoms with Gasteiger partial charge >= 0.3 is 6.18 Å². The minimum atomic E-state index is -4.49. The molecule has 0 fully saturated rings. The number of carbonyl (C=O) groups is 1. The molecule has 3 rings (SSSR count). The fraction of sp³-hybridized carbons (Fsp3) is 0.333. The van der Waals surface area contributed by atoms with Gasteiger partial charge in [0.2, 0.25) is 5.95 Å². The number of amides is 1. The van der Waals surface area contributed by atoms with Gasteiger partial charge in [0.1, 0.15) is 11.4 Å². The van der Waals surface area contributed by atoms with Crippen LogP contribution in [0, 0.1) is 13.8 Å². The number of nitrogens with zero attached hydrogens (tertiary/aromatic N) is 6. The van der Waals surface area contributed by atoms with E-state index in [9.17, 15) is 18.0 Å². The minimum absolute atomic E-state index is 0.0324. The highest BCUT2D eigenvalue weighted by atomic mass is 19.4. The first-order chi connectivity index (χ1) is 14.1. The van der Waals surface area contributed by atoms with Gasteiger partial charge in [-0.1, -0.05) is 0 Å². The van der Waals surface area contributed by atoms with Crippen molar-refractivity contribution in [2.45, 2.75) is 33.0 Å². The van der Waals surface area contributed by atoms with Crippen molar-refractivity contribution in [3.8, 4) is 5.69 Å². The molecule has 0 aliphatic rings. The molecule has 0 radical (unpaired) electrons. The highest BCUT2D eigenvalue weighted by Crippen LogP contribution is 2.28. The summed E-state index contributed by atoms with van der Waals surface area (Å²) in [5.74, 6) is -0.353. The van der Waals surface area contributed by atoms with Crippen molar-refractivity contribution in [3.05, 3.63) is 53.4 Å². The highest BCUT2D eigenvalue weighted by molar-refractivity contribution is 5.93. The molecule has 0 bridgehead atoms. The molecule has 3 aromatic heterocycles. The molecule has 0 aromatic carbocycles. The van der Waals surface area contributed by atoms with Crippen LogP contribution in [0.3, 0.4) is 0 Å². The van der Waals surface area contributed by atoms with Gasteiger partial charge in [-0.05, 0) is 32.4 Å². The lowest BCUT2D eigenvalue weighted by Crippen LogP contribution is -2.38. The van der Waals surface area contributed by atoms with Gasteiger partial charge in [-0.25, -0.2) is 15.0 Å². The Bertz CT molecular complexity index is 996. The summed E-state index contributed by atoms with van der Waals surface area (Å²) in [6, 6.07) is 1.28. The second-order valence-corrected chi connectivity index (χ2v) is 6.63. The summed E-state index contributed by atoms with van der Waals surface area (Å²) in [6.07, 6.45) is 0.00332. The van der Waals surface area contributed by atoms with E-state index < -0.39 is 11.7 Å². The highest BCUT2D eigenvalue weighted by Gasteiger charge is 2.31. The summed E-state index contributed by atoms with van der Waals surface area (Å²) in [7, 11) is 0. The summed E-state index contributed by atoms with van der Waals surface area (Å²) >= 11 is 0. The van der Waals surface area contributed by atoms with Crippen molar-refractivity contribution in [3.63, 3.8) is 0 Å². The lowest BCUT2D eigenvalue weighted by atomic mass is 10.1. The lowest BCUT2D eigenvalue weighted by molar-refractivity contribution is -0.138. The van der Waals surface area contributed by atoms with Gasteiger partial charge in [0, 0.05) is 25.0 Å². The SMILES string of the molecule is Cc1cc(C(=O)N[C@@H](C)CNc2ncc(C(F)(F)F)cn2)nc(C)c1-n1nccn1. The zero-order valence-electron chi connectivity index (χ0n) is 16.4. The van der Waals surface area contributed by atoms with Crippen LogP contribution in [0.5, 0.6) is 0 Å². The van der Waals surface area contributed by atoms with E-state index >= 15 is 0 Å². The van der Waals surface area contributed by atoms with Crippen LogP contribution in [0.15, 0.2) is 30.9 Å². The molecule has 9 nitrogen and oxygen atoms in total. The number of nitrogens with one attached hydrogen (secondary N) is 2. The van der Waals surface area contributed by atoms with Crippen LogP contribution in [-0.2, 0) is 6.18 Å². The summed E-state index contributed by atoms with van der Waals surface area (Å²) in [5, 5.41) is 13.7. The lowest BCUT2D eigenvalue weighted by Gasteiger charge is -2.16. The van der Waals surface area contributed by atoms with Gasteiger partial charge < -0.3 is 10.6 Å². The average Bonchev–Trinajstić information content (AvgIpc) is 3.19. The number of aromatic nitrogens is 6. The first-order valence-corrected chi connectivity index (χ1v) is 8.94. The predicted molar refractivity (Wildman–Crippen MR) is 101 cm³/mol. The second kappa shape index (κ2) is 8.43. The third-order valence-corrected chi connectivity index (χ3v) is 4.13. The van der Waals surface area contributed by atoms with Gasteiger partial charge in [-0.15, -0.1) is 4.80 Å². The van der Waals surface area contributed by atoms with Crippen LogP contribution in [0.4, 0.5) is 19.1 Å².